The van der Waals surface area contributed by atoms with Crippen LogP contribution in [0.1, 0.15) is 16.2 Å². The predicted octanol–water partition coefficient (Wildman–Crippen LogP) is 2.79. The van der Waals surface area contributed by atoms with Gasteiger partial charge in [0.25, 0.3) is 0 Å². The van der Waals surface area contributed by atoms with E-state index >= 15 is 0 Å². The monoisotopic (exact) mass is 321 g/mol. The minimum atomic E-state index is -0.279. The molecule has 3 aromatic rings. The number of carbonyl (C=O) groups excluding carboxylic acids is 1. The van der Waals surface area contributed by atoms with Crippen molar-refractivity contribution in [2.24, 2.45) is 0 Å². The number of carbonyl (C=O) groups is 1. The molecule has 0 aliphatic heterocycles. The fraction of sp³-hybridized carbons (Fsp3) is 0.111. The molecule has 0 unspecified atom stereocenters. The number of hydrogen-bond donors (Lipinski definition) is 0. The van der Waals surface area contributed by atoms with Gasteiger partial charge in [-0.15, -0.1) is 0 Å². The highest BCUT2D eigenvalue weighted by molar-refractivity contribution is 6.06. The summed E-state index contributed by atoms with van der Waals surface area (Å²) < 4.78 is 10.2. The number of hydrogen-bond acceptors (Lipinski definition) is 6. The molecule has 0 aromatic carbocycles. The van der Waals surface area contributed by atoms with Crippen molar-refractivity contribution in [1.82, 2.24) is 15.0 Å². The van der Waals surface area contributed by atoms with Gasteiger partial charge in [0.15, 0.2) is 0 Å². The molecular weight excluding hydrogens is 306 g/mol. The summed E-state index contributed by atoms with van der Waals surface area (Å²) in [4.78, 5) is 25.5. The van der Waals surface area contributed by atoms with Crippen LogP contribution in [0.5, 0.6) is 11.8 Å². The Kier molecular flexibility index (Phi) is 4.47. The molecule has 6 nitrogen and oxygen atoms in total. The molecule has 0 aliphatic carbocycles. The largest absolute Gasteiger partial charge is 0.481 e. The van der Waals surface area contributed by atoms with Gasteiger partial charge in [0.1, 0.15) is 11.4 Å². The van der Waals surface area contributed by atoms with Crippen molar-refractivity contribution in [3.05, 3.63) is 66.0 Å². The molecule has 0 aliphatic rings. The van der Waals surface area contributed by atoms with E-state index in [0.717, 1.165) is 0 Å². The summed E-state index contributed by atoms with van der Waals surface area (Å²) in [5.41, 5.74) is 1.78. The highest BCUT2D eigenvalue weighted by atomic mass is 16.5. The van der Waals surface area contributed by atoms with Crippen LogP contribution in [0.15, 0.2) is 54.6 Å². The Morgan fingerprint density at radius 3 is 1.88 bits per heavy atom. The van der Waals surface area contributed by atoms with Gasteiger partial charge in [0.05, 0.1) is 25.6 Å². The molecule has 3 rings (SSSR count). The van der Waals surface area contributed by atoms with E-state index in [-0.39, 0.29) is 17.2 Å². The van der Waals surface area contributed by atoms with Crippen molar-refractivity contribution in [1.29, 1.82) is 0 Å². The Hall–Kier alpha value is -3.28. The smallest absolute Gasteiger partial charge is 0.229 e. The average molecular weight is 321 g/mol. The third-order valence-corrected chi connectivity index (χ3v) is 3.34. The van der Waals surface area contributed by atoms with Gasteiger partial charge in [0.2, 0.25) is 17.5 Å². The summed E-state index contributed by atoms with van der Waals surface area (Å²) >= 11 is 0. The molecule has 0 radical (unpaired) electrons. The van der Waals surface area contributed by atoms with Crippen LogP contribution in [-0.4, -0.2) is 35.0 Å². The highest BCUT2D eigenvalue weighted by Crippen LogP contribution is 2.19. The predicted molar refractivity (Wildman–Crippen MR) is 88.2 cm³/mol. The van der Waals surface area contributed by atoms with E-state index in [4.69, 9.17) is 9.47 Å². The normalized spacial score (nSPS) is 10.2. The quantitative estimate of drug-likeness (QED) is 0.673. The number of ketones is 1. The van der Waals surface area contributed by atoms with Crippen LogP contribution in [0.4, 0.5) is 0 Å². The summed E-state index contributed by atoms with van der Waals surface area (Å²) in [6, 6.07) is 15.6. The van der Waals surface area contributed by atoms with Crippen LogP contribution in [0, 0.1) is 0 Å². The molecule has 0 atom stereocenters. The average Bonchev–Trinajstić information content (AvgIpc) is 2.67. The number of ether oxygens (including phenoxy) is 2. The minimum Gasteiger partial charge on any atom is -0.481 e. The van der Waals surface area contributed by atoms with Crippen molar-refractivity contribution in [2.45, 2.75) is 0 Å². The summed E-state index contributed by atoms with van der Waals surface area (Å²) in [6.45, 7) is 0. The first-order valence-corrected chi connectivity index (χ1v) is 7.25. The molecule has 0 saturated carbocycles. The Morgan fingerprint density at radius 2 is 1.21 bits per heavy atom. The van der Waals surface area contributed by atoms with Gasteiger partial charge in [-0.25, -0.2) is 15.0 Å². The molecule has 0 N–H and O–H groups in total. The first-order valence-electron chi connectivity index (χ1n) is 7.25. The zero-order valence-electron chi connectivity index (χ0n) is 13.3. The molecule has 0 spiro atoms. The first kappa shape index (κ1) is 15.6. The summed E-state index contributed by atoms with van der Waals surface area (Å²) in [5.74, 6) is 0.589. The fourth-order valence-corrected chi connectivity index (χ4v) is 2.16. The maximum atomic E-state index is 12.6. The van der Waals surface area contributed by atoms with E-state index in [1.807, 2.05) is 12.1 Å². The molecule has 0 amide bonds. The third-order valence-electron chi connectivity index (χ3n) is 3.34. The lowest BCUT2D eigenvalue weighted by molar-refractivity contribution is 0.102. The van der Waals surface area contributed by atoms with E-state index < -0.39 is 0 Å². The van der Waals surface area contributed by atoms with Crippen LogP contribution in [0.25, 0.3) is 11.4 Å². The number of aromatic nitrogens is 3. The van der Waals surface area contributed by atoms with E-state index in [1.165, 1.54) is 7.11 Å². The van der Waals surface area contributed by atoms with E-state index in [2.05, 4.69) is 15.0 Å². The maximum absolute atomic E-state index is 12.6. The Labute approximate surface area is 139 Å². The van der Waals surface area contributed by atoms with Gasteiger partial charge in [-0.05, 0) is 24.3 Å². The zero-order chi connectivity index (χ0) is 16.9. The van der Waals surface area contributed by atoms with Gasteiger partial charge < -0.3 is 9.47 Å². The van der Waals surface area contributed by atoms with Crippen molar-refractivity contribution >= 4 is 5.78 Å². The molecule has 0 saturated heterocycles. The van der Waals surface area contributed by atoms with E-state index in [1.54, 1.807) is 49.6 Å². The Morgan fingerprint density at radius 1 is 0.708 bits per heavy atom. The summed E-state index contributed by atoms with van der Waals surface area (Å²) in [6.07, 6.45) is 0. The van der Waals surface area contributed by atoms with Gasteiger partial charge >= 0.3 is 0 Å². The number of methoxy groups -OCH3 is 2. The molecule has 0 bridgehead atoms. The SMILES string of the molecule is COc1cccc(C(=O)c2cccc(-c3cccc(OC)n3)n2)n1. The van der Waals surface area contributed by atoms with Gasteiger partial charge in [-0.2, -0.15) is 0 Å². The zero-order valence-corrected chi connectivity index (χ0v) is 13.3. The van der Waals surface area contributed by atoms with Crippen LogP contribution < -0.4 is 9.47 Å². The fourth-order valence-electron chi connectivity index (χ4n) is 2.16. The lowest BCUT2D eigenvalue weighted by atomic mass is 10.1. The second-order valence-electron chi connectivity index (χ2n) is 4.87. The minimum absolute atomic E-state index is 0.276. The van der Waals surface area contributed by atoms with Crippen LogP contribution in [0.3, 0.4) is 0 Å². The maximum Gasteiger partial charge on any atom is 0.229 e. The second kappa shape index (κ2) is 6.87. The van der Waals surface area contributed by atoms with Gasteiger partial charge in [0, 0.05) is 12.1 Å². The summed E-state index contributed by atoms with van der Waals surface area (Å²) in [7, 11) is 3.05. The number of pyridine rings is 3. The first-order chi connectivity index (χ1) is 11.7. The van der Waals surface area contributed by atoms with Crippen LogP contribution in [0.2, 0.25) is 0 Å². The Balaban J connectivity index is 1.96. The topological polar surface area (TPSA) is 74.2 Å². The molecule has 6 heteroatoms. The van der Waals surface area contributed by atoms with E-state index in [0.29, 0.717) is 23.1 Å². The van der Waals surface area contributed by atoms with Crippen molar-refractivity contribution in [3.8, 4) is 23.1 Å². The standard InChI is InChI=1S/C18H15N3O3/c1-23-16-10-4-7-13(20-16)12-6-3-8-14(19-12)18(22)15-9-5-11-17(21-15)24-2/h3-11H,1-2H3. The molecule has 3 aromatic heterocycles. The highest BCUT2D eigenvalue weighted by Gasteiger charge is 2.14. The molecule has 0 fully saturated rings. The lowest BCUT2D eigenvalue weighted by Crippen LogP contribution is -2.07. The molecular formula is C18H15N3O3. The number of rotatable bonds is 5. The number of nitrogens with zero attached hydrogens (tertiary/aromatic N) is 3. The molecule has 3 heterocycles. The van der Waals surface area contributed by atoms with Crippen molar-refractivity contribution < 1.29 is 14.3 Å². The van der Waals surface area contributed by atoms with Gasteiger partial charge in [-0.1, -0.05) is 18.2 Å². The third kappa shape index (κ3) is 3.22. The second-order valence-corrected chi connectivity index (χ2v) is 4.87. The van der Waals surface area contributed by atoms with Gasteiger partial charge in [-0.3, -0.25) is 4.79 Å². The Bertz CT molecular complexity index is 881. The van der Waals surface area contributed by atoms with Crippen molar-refractivity contribution in [2.75, 3.05) is 14.2 Å². The van der Waals surface area contributed by atoms with Crippen LogP contribution >= 0.6 is 0 Å². The van der Waals surface area contributed by atoms with E-state index in [9.17, 15) is 4.79 Å². The summed E-state index contributed by atoms with van der Waals surface area (Å²) in [5, 5.41) is 0. The molecule has 120 valence electrons. The lowest BCUT2D eigenvalue weighted by Gasteiger charge is -2.06. The molecule has 24 heavy (non-hydrogen) atoms. The van der Waals surface area contributed by atoms with Crippen LogP contribution in [-0.2, 0) is 0 Å². The van der Waals surface area contributed by atoms with Crippen molar-refractivity contribution in [3.63, 3.8) is 0 Å².